The van der Waals surface area contributed by atoms with Gasteiger partial charge in [0.1, 0.15) is 0 Å². The SMILES string of the molecule is CC(=O)N1CCN(CC(O)c2ccc(C)cc2)CC1. The van der Waals surface area contributed by atoms with Crippen molar-refractivity contribution in [2.45, 2.75) is 20.0 Å². The number of amides is 1. The van der Waals surface area contributed by atoms with E-state index in [4.69, 9.17) is 0 Å². The highest BCUT2D eigenvalue weighted by molar-refractivity contribution is 5.73. The number of carbonyl (C=O) groups excluding carboxylic acids is 1. The lowest BCUT2D eigenvalue weighted by molar-refractivity contribution is -0.130. The van der Waals surface area contributed by atoms with Gasteiger partial charge in [0.05, 0.1) is 6.10 Å². The second kappa shape index (κ2) is 6.17. The zero-order valence-electron chi connectivity index (χ0n) is 11.7. The minimum absolute atomic E-state index is 0.138. The van der Waals surface area contributed by atoms with E-state index >= 15 is 0 Å². The standard InChI is InChI=1S/C15H22N2O2/c1-12-3-5-14(6-4-12)15(19)11-16-7-9-17(10-8-16)13(2)18/h3-6,15,19H,7-11H2,1-2H3. The molecule has 1 aliphatic heterocycles. The Balaban J connectivity index is 1.85. The van der Waals surface area contributed by atoms with Gasteiger partial charge >= 0.3 is 0 Å². The molecule has 0 bridgehead atoms. The van der Waals surface area contributed by atoms with Crippen molar-refractivity contribution in [3.8, 4) is 0 Å². The van der Waals surface area contributed by atoms with Crippen molar-refractivity contribution in [3.05, 3.63) is 35.4 Å². The summed E-state index contributed by atoms with van der Waals surface area (Å²) in [6, 6.07) is 8.00. The van der Waals surface area contributed by atoms with Crippen LogP contribution < -0.4 is 0 Å². The number of aliphatic hydroxyl groups is 1. The lowest BCUT2D eigenvalue weighted by Gasteiger charge is -2.35. The van der Waals surface area contributed by atoms with E-state index in [9.17, 15) is 9.90 Å². The van der Waals surface area contributed by atoms with Crippen molar-refractivity contribution in [1.82, 2.24) is 9.80 Å². The molecule has 1 aromatic rings. The minimum Gasteiger partial charge on any atom is -0.387 e. The normalized spacial score (nSPS) is 18.4. The number of aliphatic hydroxyl groups excluding tert-OH is 1. The summed E-state index contributed by atoms with van der Waals surface area (Å²) in [5.74, 6) is 0.138. The Hall–Kier alpha value is -1.39. The Morgan fingerprint density at radius 1 is 1.21 bits per heavy atom. The Kier molecular flexibility index (Phi) is 4.56. The average Bonchev–Trinajstić information content (AvgIpc) is 2.40. The third-order valence-electron chi connectivity index (χ3n) is 3.71. The molecule has 1 amide bonds. The van der Waals surface area contributed by atoms with Gasteiger partial charge in [-0.25, -0.2) is 0 Å². The van der Waals surface area contributed by atoms with Crippen LogP contribution in [0.4, 0.5) is 0 Å². The van der Waals surface area contributed by atoms with E-state index in [-0.39, 0.29) is 5.91 Å². The maximum absolute atomic E-state index is 11.2. The fraction of sp³-hybridized carbons (Fsp3) is 0.533. The minimum atomic E-state index is -0.454. The third-order valence-corrected chi connectivity index (χ3v) is 3.71. The summed E-state index contributed by atoms with van der Waals surface area (Å²) in [5.41, 5.74) is 2.16. The number of hydrogen-bond donors (Lipinski definition) is 1. The molecule has 19 heavy (non-hydrogen) atoms. The summed E-state index contributed by atoms with van der Waals surface area (Å²) in [5, 5.41) is 10.2. The van der Waals surface area contributed by atoms with Crippen molar-refractivity contribution < 1.29 is 9.90 Å². The molecule has 1 atom stereocenters. The number of aryl methyl sites for hydroxylation is 1. The molecular formula is C15H22N2O2. The van der Waals surface area contributed by atoms with Crippen LogP contribution in [-0.2, 0) is 4.79 Å². The van der Waals surface area contributed by atoms with E-state index in [1.54, 1.807) is 6.92 Å². The number of piperazine rings is 1. The summed E-state index contributed by atoms with van der Waals surface area (Å²) < 4.78 is 0. The van der Waals surface area contributed by atoms with Crippen molar-refractivity contribution >= 4 is 5.91 Å². The molecule has 2 rings (SSSR count). The molecule has 104 valence electrons. The summed E-state index contributed by atoms with van der Waals surface area (Å²) in [6.45, 7) is 7.47. The molecule has 1 saturated heterocycles. The number of rotatable bonds is 3. The van der Waals surface area contributed by atoms with Gasteiger partial charge in [-0.1, -0.05) is 29.8 Å². The van der Waals surface area contributed by atoms with Crippen molar-refractivity contribution in [2.24, 2.45) is 0 Å². The number of hydrogen-bond acceptors (Lipinski definition) is 3. The van der Waals surface area contributed by atoms with Gasteiger partial charge in [0, 0.05) is 39.6 Å². The highest BCUT2D eigenvalue weighted by atomic mass is 16.3. The quantitative estimate of drug-likeness (QED) is 0.890. The molecule has 1 fully saturated rings. The first-order valence-corrected chi connectivity index (χ1v) is 6.79. The topological polar surface area (TPSA) is 43.8 Å². The molecule has 1 unspecified atom stereocenters. The van der Waals surface area contributed by atoms with Crippen LogP contribution in [0.15, 0.2) is 24.3 Å². The molecule has 1 aliphatic rings. The molecule has 0 aliphatic carbocycles. The van der Waals surface area contributed by atoms with Crippen LogP contribution in [0.2, 0.25) is 0 Å². The molecule has 0 spiro atoms. The summed E-state index contributed by atoms with van der Waals surface area (Å²) in [7, 11) is 0. The number of benzene rings is 1. The summed E-state index contributed by atoms with van der Waals surface area (Å²) in [6.07, 6.45) is -0.454. The van der Waals surface area contributed by atoms with E-state index in [0.717, 1.165) is 31.7 Å². The van der Waals surface area contributed by atoms with Gasteiger partial charge in [-0.3, -0.25) is 9.69 Å². The van der Waals surface area contributed by atoms with Crippen molar-refractivity contribution in [2.75, 3.05) is 32.7 Å². The fourth-order valence-electron chi connectivity index (χ4n) is 2.38. The van der Waals surface area contributed by atoms with E-state index in [0.29, 0.717) is 6.54 Å². The maximum Gasteiger partial charge on any atom is 0.219 e. The molecule has 1 aromatic carbocycles. The summed E-state index contributed by atoms with van der Waals surface area (Å²) in [4.78, 5) is 15.3. The molecule has 0 saturated carbocycles. The van der Waals surface area contributed by atoms with Crippen LogP contribution in [0, 0.1) is 6.92 Å². The Labute approximate surface area is 114 Å². The lowest BCUT2D eigenvalue weighted by Crippen LogP contribution is -2.48. The number of nitrogens with zero attached hydrogens (tertiary/aromatic N) is 2. The second-order valence-electron chi connectivity index (χ2n) is 5.23. The van der Waals surface area contributed by atoms with Gasteiger partial charge in [-0.15, -0.1) is 0 Å². The first-order valence-electron chi connectivity index (χ1n) is 6.79. The fourth-order valence-corrected chi connectivity index (χ4v) is 2.38. The Morgan fingerprint density at radius 3 is 2.32 bits per heavy atom. The zero-order valence-corrected chi connectivity index (χ0v) is 11.7. The van der Waals surface area contributed by atoms with Crippen LogP contribution in [0.1, 0.15) is 24.2 Å². The summed E-state index contributed by atoms with van der Waals surface area (Å²) >= 11 is 0. The highest BCUT2D eigenvalue weighted by Crippen LogP contribution is 2.16. The van der Waals surface area contributed by atoms with E-state index < -0.39 is 6.10 Å². The van der Waals surface area contributed by atoms with Gasteiger partial charge in [0.25, 0.3) is 0 Å². The van der Waals surface area contributed by atoms with Crippen LogP contribution in [-0.4, -0.2) is 53.5 Å². The van der Waals surface area contributed by atoms with Crippen LogP contribution in [0.25, 0.3) is 0 Å². The Bertz CT molecular complexity index is 422. The lowest BCUT2D eigenvalue weighted by atomic mass is 10.1. The van der Waals surface area contributed by atoms with Crippen LogP contribution in [0.3, 0.4) is 0 Å². The number of β-amino-alcohol motifs (C(OH)–C–C–N with tert-alkyl or cyclic N) is 1. The first kappa shape index (κ1) is 14.0. The Morgan fingerprint density at radius 2 is 1.79 bits per heavy atom. The predicted molar refractivity (Wildman–Crippen MR) is 74.8 cm³/mol. The number of carbonyl (C=O) groups is 1. The molecule has 4 nitrogen and oxygen atoms in total. The predicted octanol–water partition coefficient (Wildman–Crippen LogP) is 1.19. The van der Waals surface area contributed by atoms with Crippen molar-refractivity contribution in [3.63, 3.8) is 0 Å². The highest BCUT2D eigenvalue weighted by Gasteiger charge is 2.20. The monoisotopic (exact) mass is 262 g/mol. The average molecular weight is 262 g/mol. The van der Waals surface area contributed by atoms with E-state index in [1.165, 1.54) is 5.56 Å². The third kappa shape index (κ3) is 3.78. The van der Waals surface area contributed by atoms with Crippen molar-refractivity contribution in [1.29, 1.82) is 0 Å². The smallest absolute Gasteiger partial charge is 0.219 e. The van der Waals surface area contributed by atoms with Gasteiger partial charge < -0.3 is 10.0 Å². The van der Waals surface area contributed by atoms with Gasteiger partial charge in [0.2, 0.25) is 5.91 Å². The molecule has 1 heterocycles. The van der Waals surface area contributed by atoms with Crippen LogP contribution >= 0.6 is 0 Å². The van der Waals surface area contributed by atoms with E-state index in [2.05, 4.69) is 4.90 Å². The largest absolute Gasteiger partial charge is 0.387 e. The van der Waals surface area contributed by atoms with Gasteiger partial charge in [0.15, 0.2) is 0 Å². The molecular weight excluding hydrogens is 240 g/mol. The molecule has 0 aromatic heterocycles. The van der Waals surface area contributed by atoms with Gasteiger partial charge in [-0.05, 0) is 12.5 Å². The van der Waals surface area contributed by atoms with Gasteiger partial charge in [-0.2, -0.15) is 0 Å². The first-order chi connectivity index (χ1) is 9.06. The second-order valence-corrected chi connectivity index (χ2v) is 5.23. The maximum atomic E-state index is 11.2. The molecule has 0 radical (unpaired) electrons. The zero-order chi connectivity index (χ0) is 13.8. The van der Waals surface area contributed by atoms with E-state index in [1.807, 2.05) is 36.1 Å². The van der Waals surface area contributed by atoms with Crippen LogP contribution in [0.5, 0.6) is 0 Å². The molecule has 1 N–H and O–H groups in total. The molecule has 4 heteroatoms.